The van der Waals surface area contributed by atoms with Gasteiger partial charge in [-0.05, 0) is 72.3 Å². The van der Waals surface area contributed by atoms with Crippen molar-refractivity contribution in [3.63, 3.8) is 0 Å². The predicted molar refractivity (Wildman–Crippen MR) is 124 cm³/mol. The van der Waals surface area contributed by atoms with Crippen molar-refractivity contribution in [1.29, 1.82) is 0 Å². The third kappa shape index (κ3) is 4.10. The summed E-state index contributed by atoms with van der Waals surface area (Å²) in [6.07, 6.45) is 1.45. The molecule has 1 aliphatic heterocycles. The van der Waals surface area contributed by atoms with Gasteiger partial charge in [-0.15, -0.1) is 0 Å². The fourth-order valence-corrected chi connectivity index (χ4v) is 3.48. The molecule has 0 atom stereocenters. The highest BCUT2D eigenvalue weighted by atomic mass is 35.5. The van der Waals surface area contributed by atoms with Crippen LogP contribution in [0.2, 0.25) is 10.0 Å². The lowest BCUT2D eigenvalue weighted by Gasteiger charge is -2.34. The molecule has 32 heavy (non-hydrogen) atoms. The Kier molecular flexibility index (Phi) is 5.99. The Morgan fingerprint density at radius 3 is 1.53 bits per heavy atom. The van der Waals surface area contributed by atoms with Crippen LogP contribution in [0.3, 0.4) is 0 Å². The van der Waals surface area contributed by atoms with Crippen LogP contribution in [0.25, 0.3) is 6.08 Å². The predicted octanol–water partition coefficient (Wildman–Crippen LogP) is 5.59. The molecular weight excluding hydrogens is 451 g/mol. The fraction of sp³-hybridized carbons (Fsp3) is 0.0417. The number of hydrogen-bond acceptors (Lipinski definition) is 4. The Balaban J connectivity index is 1.84. The number of urea groups is 1. The number of anilines is 2. The second-order valence-electron chi connectivity index (χ2n) is 6.85. The number of rotatable bonds is 4. The first-order chi connectivity index (χ1) is 15.4. The van der Waals surface area contributed by atoms with E-state index in [1.165, 1.54) is 6.08 Å². The summed E-state index contributed by atoms with van der Waals surface area (Å²) < 4.78 is 5.15. The van der Waals surface area contributed by atoms with Crippen LogP contribution in [0, 0.1) is 0 Å². The molecule has 1 saturated heterocycles. The molecule has 0 aromatic heterocycles. The number of hydrogen-bond donors (Lipinski definition) is 0. The first-order valence-corrected chi connectivity index (χ1v) is 10.2. The van der Waals surface area contributed by atoms with Crippen LogP contribution < -0.4 is 14.5 Å². The molecule has 0 N–H and O–H groups in total. The van der Waals surface area contributed by atoms with Gasteiger partial charge >= 0.3 is 6.03 Å². The number of methoxy groups -OCH3 is 1. The van der Waals surface area contributed by atoms with E-state index >= 15 is 0 Å². The van der Waals surface area contributed by atoms with Crippen LogP contribution in [0.5, 0.6) is 5.75 Å². The first kappa shape index (κ1) is 21.6. The molecule has 0 radical (unpaired) electrons. The Labute approximate surface area is 194 Å². The molecule has 0 unspecified atom stereocenters. The lowest BCUT2D eigenvalue weighted by molar-refractivity contribution is -0.121. The summed E-state index contributed by atoms with van der Waals surface area (Å²) in [5.74, 6) is -0.832. The van der Waals surface area contributed by atoms with E-state index in [1.54, 1.807) is 79.9 Å². The SMILES string of the molecule is COc1ccc(C=C2C(=O)N(c3ccc(Cl)cc3)C(=O)N(c3ccc(Cl)cc3)C2=O)cc1. The highest BCUT2D eigenvalue weighted by Gasteiger charge is 2.43. The van der Waals surface area contributed by atoms with Crippen LogP contribution in [0.1, 0.15) is 5.56 Å². The van der Waals surface area contributed by atoms with Gasteiger partial charge < -0.3 is 4.74 Å². The van der Waals surface area contributed by atoms with E-state index in [2.05, 4.69) is 0 Å². The number of ether oxygens (including phenoxy) is 1. The number of carbonyl (C=O) groups excluding carboxylic acids is 3. The number of carbonyl (C=O) groups is 3. The molecule has 3 aromatic rings. The van der Waals surface area contributed by atoms with Gasteiger partial charge in [0.15, 0.2) is 0 Å². The summed E-state index contributed by atoms with van der Waals surface area (Å²) in [6, 6.07) is 18.5. The fourth-order valence-electron chi connectivity index (χ4n) is 3.23. The van der Waals surface area contributed by atoms with Gasteiger partial charge in [-0.3, -0.25) is 9.59 Å². The Morgan fingerprint density at radius 2 is 1.12 bits per heavy atom. The number of benzene rings is 3. The van der Waals surface area contributed by atoms with Crippen molar-refractivity contribution in [2.24, 2.45) is 0 Å². The van der Waals surface area contributed by atoms with Crippen molar-refractivity contribution in [3.8, 4) is 5.75 Å². The normalized spacial score (nSPS) is 14.1. The Morgan fingerprint density at radius 1 is 0.688 bits per heavy atom. The van der Waals surface area contributed by atoms with Crippen molar-refractivity contribution in [3.05, 3.63) is 94.0 Å². The number of halogens is 2. The smallest absolute Gasteiger partial charge is 0.343 e. The molecule has 0 aliphatic carbocycles. The third-order valence-corrected chi connectivity index (χ3v) is 5.35. The molecule has 160 valence electrons. The van der Waals surface area contributed by atoms with Gasteiger partial charge in [-0.25, -0.2) is 14.6 Å². The lowest BCUT2D eigenvalue weighted by atomic mass is 10.0. The number of amides is 4. The second-order valence-corrected chi connectivity index (χ2v) is 7.72. The van der Waals surface area contributed by atoms with Crippen molar-refractivity contribution in [1.82, 2.24) is 0 Å². The van der Waals surface area contributed by atoms with Crippen molar-refractivity contribution in [2.75, 3.05) is 16.9 Å². The average Bonchev–Trinajstić information content (AvgIpc) is 2.80. The monoisotopic (exact) mass is 466 g/mol. The summed E-state index contributed by atoms with van der Waals surface area (Å²) in [7, 11) is 1.54. The number of barbiturate groups is 1. The molecule has 0 saturated carbocycles. The first-order valence-electron chi connectivity index (χ1n) is 9.49. The number of imide groups is 2. The van der Waals surface area contributed by atoms with E-state index in [9.17, 15) is 14.4 Å². The molecule has 8 heteroatoms. The molecule has 0 spiro atoms. The quantitative estimate of drug-likeness (QED) is 0.371. The van der Waals surface area contributed by atoms with E-state index in [0.29, 0.717) is 21.4 Å². The van der Waals surface area contributed by atoms with Crippen LogP contribution in [-0.4, -0.2) is 25.0 Å². The zero-order valence-corrected chi connectivity index (χ0v) is 18.3. The average molecular weight is 467 g/mol. The van der Waals surface area contributed by atoms with Crippen LogP contribution in [0.4, 0.5) is 16.2 Å². The van der Waals surface area contributed by atoms with Crippen LogP contribution >= 0.6 is 23.2 Å². The molecule has 6 nitrogen and oxygen atoms in total. The molecule has 4 amide bonds. The summed E-state index contributed by atoms with van der Waals surface area (Å²) in [4.78, 5) is 41.8. The topological polar surface area (TPSA) is 66.9 Å². The van der Waals surface area contributed by atoms with E-state index in [1.807, 2.05) is 0 Å². The van der Waals surface area contributed by atoms with Gasteiger partial charge in [0.05, 0.1) is 18.5 Å². The minimum absolute atomic E-state index is 0.167. The molecule has 3 aromatic carbocycles. The maximum atomic E-state index is 13.3. The summed E-state index contributed by atoms with van der Waals surface area (Å²) in [6.45, 7) is 0. The Bertz CT molecular complexity index is 1150. The van der Waals surface area contributed by atoms with Crippen molar-refractivity contribution >= 4 is 58.5 Å². The maximum absolute atomic E-state index is 13.3. The highest BCUT2D eigenvalue weighted by molar-refractivity contribution is 6.46. The van der Waals surface area contributed by atoms with Gasteiger partial charge in [0.2, 0.25) is 0 Å². The zero-order chi connectivity index (χ0) is 22.8. The molecule has 4 rings (SSSR count). The minimum atomic E-state index is -0.795. The lowest BCUT2D eigenvalue weighted by Crippen LogP contribution is -2.57. The Hall–Kier alpha value is -3.61. The third-order valence-electron chi connectivity index (χ3n) is 4.85. The summed E-state index contributed by atoms with van der Waals surface area (Å²) >= 11 is 11.9. The largest absolute Gasteiger partial charge is 0.497 e. The zero-order valence-electron chi connectivity index (χ0n) is 16.8. The van der Waals surface area contributed by atoms with Gasteiger partial charge in [-0.2, -0.15) is 0 Å². The van der Waals surface area contributed by atoms with Gasteiger partial charge in [-0.1, -0.05) is 35.3 Å². The van der Waals surface area contributed by atoms with Crippen LogP contribution in [0.15, 0.2) is 78.4 Å². The van der Waals surface area contributed by atoms with Gasteiger partial charge in [0.1, 0.15) is 11.3 Å². The summed E-state index contributed by atoms with van der Waals surface area (Å²) in [5, 5.41) is 0.899. The minimum Gasteiger partial charge on any atom is -0.497 e. The maximum Gasteiger partial charge on any atom is 0.343 e. The standard InChI is InChI=1S/C24H16Cl2N2O4/c1-32-20-12-2-15(3-13-20)14-21-22(29)27(18-8-4-16(25)5-9-18)24(31)28(23(21)30)19-10-6-17(26)7-11-19/h2-14H,1H3. The molecule has 1 fully saturated rings. The second kappa shape index (κ2) is 8.86. The van der Waals surface area contributed by atoms with Crippen molar-refractivity contribution in [2.45, 2.75) is 0 Å². The molecule has 0 bridgehead atoms. The van der Waals surface area contributed by atoms with Gasteiger partial charge in [0, 0.05) is 10.0 Å². The van der Waals surface area contributed by atoms with E-state index in [-0.39, 0.29) is 16.9 Å². The van der Waals surface area contributed by atoms with E-state index in [4.69, 9.17) is 27.9 Å². The van der Waals surface area contributed by atoms with E-state index < -0.39 is 17.8 Å². The van der Waals surface area contributed by atoms with Crippen molar-refractivity contribution < 1.29 is 19.1 Å². The highest BCUT2D eigenvalue weighted by Crippen LogP contribution is 2.31. The molecular formula is C24H16Cl2N2O4. The van der Waals surface area contributed by atoms with Gasteiger partial charge in [0.25, 0.3) is 11.8 Å². The summed E-state index contributed by atoms with van der Waals surface area (Å²) in [5.41, 5.74) is 1.01. The number of nitrogens with zero attached hydrogens (tertiary/aromatic N) is 2. The van der Waals surface area contributed by atoms with Crippen LogP contribution in [-0.2, 0) is 9.59 Å². The van der Waals surface area contributed by atoms with E-state index in [0.717, 1.165) is 9.80 Å². The molecule has 1 heterocycles. The molecule has 1 aliphatic rings.